The topological polar surface area (TPSA) is 73.9 Å². The molecule has 0 unspecified atom stereocenters. The van der Waals surface area contributed by atoms with Gasteiger partial charge in [0.1, 0.15) is 5.60 Å². The van der Waals surface area contributed by atoms with Crippen LogP contribution < -0.4 is 5.32 Å². The number of hydrogen-bond donors (Lipinski definition) is 1. The van der Waals surface area contributed by atoms with E-state index < -0.39 is 11.7 Å². The molecule has 0 radical (unpaired) electrons. The van der Waals surface area contributed by atoms with Gasteiger partial charge in [-0.25, -0.2) is 4.79 Å². The Bertz CT molecular complexity index is 350. The van der Waals surface area contributed by atoms with Crippen molar-refractivity contribution in [3.63, 3.8) is 0 Å². The van der Waals surface area contributed by atoms with Crippen molar-refractivity contribution in [3.8, 4) is 0 Å². The zero-order valence-electron chi connectivity index (χ0n) is 12.9. The first-order valence-electron chi connectivity index (χ1n) is 6.87. The molecular weight excluding hydrogens is 262 g/mol. The third-order valence-electron chi connectivity index (χ3n) is 3.32. The average Bonchev–Trinajstić information content (AvgIpc) is 2.35. The van der Waals surface area contributed by atoms with E-state index in [9.17, 15) is 9.59 Å². The zero-order chi connectivity index (χ0) is 15.3. The van der Waals surface area contributed by atoms with Crippen molar-refractivity contribution in [3.05, 3.63) is 0 Å². The Morgan fingerprint density at radius 2 is 1.80 bits per heavy atom. The van der Waals surface area contributed by atoms with Crippen LogP contribution in [0.25, 0.3) is 0 Å². The molecule has 0 aromatic rings. The Morgan fingerprint density at radius 3 is 2.30 bits per heavy atom. The second-order valence-corrected chi connectivity index (χ2v) is 6.06. The van der Waals surface area contributed by atoms with Crippen molar-refractivity contribution in [2.45, 2.75) is 57.8 Å². The van der Waals surface area contributed by atoms with Crippen LogP contribution in [0.4, 0.5) is 4.79 Å². The fraction of sp³-hybridized carbons (Fsp3) is 0.857. The van der Waals surface area contributed by atoms with E-state index in [1.54, 1.807) is 7.11 Å². The Balaban J connectivity index is 2.52. The third-order valence-corrected chi connectivity index (χ3v) is 3.32. The Labute approximate surface area is 120 Å². The lowest BCUT2D eigenvalue weighted by Gasteiger charge is -2.34. The van der Waals surface area contributed by atoms with E-state index in [4.69, 9.17) is 14.2 Å². The fourth-order valence-electron chi connectivity index (χ4n) is 2.42. The van der Waals surface area contributed by atoms with Gasteiger partial charge < -0.3 is 19.5 Å². The summed E-state index contributed by atoms with van der Waals surface area (Å²) in [6.07, 6.45) is 1.24. The number of esters is 1. The van der Waals surface area contributed by atoms with E-state index >= 15 is 0 Å². The van der Waals surface area contributed by atoms with Crippen LogP contribution in [0.5, 0.6) is 0 Å². The molecule has 1 fully saturated rings. The van der Waals surface area contributed by atoms with E-state index in [1.165, 1.54) is 7.11 Å². The summed E-state index contributed by atoms with van der Waals surface area (Å²) in [5, 5.41) is 2.82. The second kappa shape index (κ2) is 6.92. The third kappa shape index (κ3) is 5.00. The minimum atomic E-state index is -0.520. The van der Waals surface area contributed by atoms with E-state index in [2.05, 4.69) is 5.32 Å². The van der Waals surface area contributed by atoms with Gasteiger partial charge in [0.2, 0.25) is 0 Å². The van der Waals surface area contributed by atoms with Gasteiger partial charge in [-0.2, -0.15) is 0 Å². The smallest absolute Gasteiger partial charge is 0.407 e. The van der Waals surface area contributed by atoms with Crippen LogP contribution in [0.2, 0.25) is 0 Å². The number of carbonyl (C=O) groups excluding carboxylic acids is 2. The molecule has 1 aliphatic rings. The Morgan fingerprint density at radius 1 is 1.15 bits per heavy atom. The fourth-order valence-corrected chi connectivity index (χ4v) is 2.42. The summed E-state index contributed by atoms with van der Waals surface area (Å²) in [6.45, 7) is 5.45. The monoisotopic (exact) mass is 287 g/mol. The van der Waals surface area contributed by atoms with E-state index in [0.717, 1.165) is 0 Å². The maximum atomic E-state index is 11.7. The molecule has 0 spiro atoms. The molecule has 0 aliphatic heterocycles. The summed E-state index contributed by atoms with van der Waals surface area (Å²) >= 11 is 0. The highest BCUT2D eigenvalue weighted by molar-refractivity contribution is 5.73. The molecule has 1 rings (SSSR count). The van der Waals surface area contributed by atoms with Crippen LogP contribution in [-0.4, -0.2) is 44.0 Å². The van der Waals surface area contributed by atoms with Crippen LogP contribution in [0.1, 0.15) is 40.0 Å². The number of carbonyl (C=O) groups is 2. The van der Waals surface area contributed by atoms with Crippen molar-refractivity contribution in [1.29, 1.82) is 0 Å². The van der Waals surface area contributed by atoms with Crippen LogP contribution >= 0.6 is 0 Å². The summed E-state index contributed by atoms with van der Waals surface area (Å²) in [5.41, 5.74) is -0.520. The highest BCUT2D eigenvalue weighted by Gasteiger charge is 2.36. The van der Waals surface area contributed by atoms with Gasteiger partial charge in [-0.05, 0) is 40.0 Å². The summed E-state index contributed by atoms with van der Waals surface area (Å²) in [5.74, 6) is -0.519. The highest BCUT2D eigenvalue weighted by atomic mass is 16.6. The van der Waals surface area contributed by atoms with Crippen molar-refractivity contribution in [1.82, 2.24) is 5.32 Å². The highest BCUT2D eigenvalue weighted by Crippen LogP contribution is 2.28. The maximum Gasteiger partial charge on any atom is 0.407 e. The minimum absolute atomic E-state index is 0.0456. The van der Waals surface area contributed by atoms with Gasteiger partial charge in [-0.3, -0.25) is 4.79 Å². The van der Waals surface area contributed by atoms with Gasteiger partial charge in [-0.15, -0.1) is 0 Å². The number of alkyl carbamates (subject to hydrolysis) is 1. The second-order valence-electron chi connectivity index (χ2n) is 6.06. The van der Waals surface area contributed by atoms with Gasteiger partial charge in [0.05, 0.1) is 19.1 Å². The van der Waals surface area contributed by atoms with Gasteiger partial charge in [0.25, 0.3) is 0 Å². The molecule has 0 aromatic carbocycles. The normalized spacial score (nSPS) is 26.8. The van der Waals surface area contributed by atoms with Crippen LogP contribution in [0.15, 0.2) is 0 Å². The molecule has 1 amide bonds. The lowest BCUT2D eigenvalue weighted by Crippen LogP contribution is -2.47. The molecule has 116 valence electrons. The molecule has 1 aliphatic carbocycles. The number of amides is 1. The zero-order valence-corrected chi connectivity index (χ0v) is 12.9. The largest absolute Gasteiger partial charge is 0.469 e. The minimum Gasteiger partial charge on any atom is -0.469 e. The molecular formula is C14H25NO5. The number of hydrogen-bond acceptors (Lipinski definition) is 5. The molecule has 6 heteroatoms. The Kier molecular flexibility index (Phi) is 5.80. The number of ether oxygens (including phenoxy) is 3. The predicted molar refractivity (Wildman–Crippen MR) is 73.3 cm³/mol. The van der Waals surface area contributed by atoms with Gasteiger partial charge in [-0.1, -0.05) is 0 Å². The molecule has 0 saturated heterocycles. The van der Waals surface area contributed by atoms with Crippen LogP contribution in [-0.2, 0) is 19.0 Å². The lowest BCUT2D eigenvalue weighted by molar-refractivity contribution is -0.152. The number of nitrogens with one attached hydrogen (secondary N) is 1. The SMILES string of the molecule is COC(=O)[C@H]1CC[C@H](NC(=O)OC(C)(C)C)C[C@H]1OC. The molecule has 20 heavy (non-hydrogen) atoms. The van der Waals surface area contributed by atoms with Crippen molar-refractivity contribution < 1.29 is 23.8 Å². The molecule has 0 aromatic heterocycles. The number of methoxy groups -OCH3 is 2. The molecule has 0 heterocycles. The van der Waals surface area contributed by atoms with Crippen molar-refractivity contribution in [2.24, 2.45) is 5.92 Å². The Hall–Kier alpha value is -1.30. The van der Waals surface area contributed by atoms with Gasteiger partial charge in [0, 0.05) is 13.2 Å². The van der Waals surface area contributed by atoms with Crippen molar-refractivity contribution in [2.75, 3.05) is 14.2 Å². The quantitative estimate of drug-likeness (QED) is 0.802. The predicted octanol–water partition coefficient (Wildman–Crippen LogP) is 1.87. The molecule has 1 saturated carbocycles. The standard InChI is InChI=1S/C14H25NO5/c1-14(2,3)20-13(17)15-9-6-7-10(12(16)19-5)11(8-9)18-4/h9-11H,6-8H2,1-5H3,(H,15,17)/t9-,10-,11+/m0/s1. The summed E-state index contributed by atoms with van der Waals surface area (Å²) in [6, 6.07) is -0.0456. The molecule has 0 bridgehead atoms. The summed E-state index contributed by atoms with van der Waals surface area (Å²) < 4.78 is 15.3. The molecule has 1 N–H and O–H groups in total. The first kappa shape index (κ1) is 16.8. The first-order chi connectivity index (χ1) is 9.26. The first-order valence-corrected chi connectivity index (χ1v) is 6.87. The number of rotatable bonds is 3. The average molecular weight is 287 g/mol. The van der Waals surface area contributed by atoms with Crippen molar-refractivity contribution >= 4 is 12.1 Å². The maximum absolute atomic E-state index is 11.7. The summed E-state index contributed by atoms with van der Waals surface area (Å²) in [7, 11) is 2.94. The van der Waals surface area contributed by atoms with Gasteiger partial charge in [0.15, 0.2) is 0 Å². The molecule has 3 atom stereocenters. The summed E-state index contributed by atoms with van der Waals surface area (Å²) in [4.78, 5) is 23.4. The molecule has 6 nitrogen and oxygen atoms in total. The lowest BCUT2D eigenvalue weighted by atomic mass is 9.83. The van der Waals surface area contributed by atoms with E-state index in [-0.39, 0.29) is 24.0 Å². The van der Waals surface area contributed by atoms with E-state index in [1.807, 2.05) is 20.8 Å². The van der Waals surface area contributed by atoms with Crippen LogP contribution in [0, 0.1) is 5.92 Å². The van der Waals surface area contributed by atoms with E-state index in [0.29, 0.717) is 19.3 Å². The van der Waals surface area contributed by atoms with Crippen LogP contribution in [0.3, 0.4) is 0 Å². The van der Waals surface area contributed by atoms with Gasteiger partial charge >= 0.3 is 12.1 Å².